The van der Waals surface area contributed by atoms with Gasteiger partial charge in [-0.1, -0.05) is 37.3 Å². The van der Waals surface area contributed by atoms with Crippen LogP contribution in [0, 0.1) is 0 Å². The molecule has 1 atom stereocenters. The first kappa shape index (κ1) is 8.89. The standard InChI is InChI=1S/C8H9Cl3Si/c1-7(12(9,10)11)8-5-3-2-4-6-8/h2-7H,1H3/t7-/m0/s1/i7D. The van der Waals surface area contributed by atoms with Gasteiger partial charge in [-0.3, -0.25) is 0 Å². The normalized spacial score (nSPS) is 18.2. The Labute approximate surface area is 89.0 Å². The number of hydrogen-bond donors (Lipinski definition) is 0. The summed E-state index contributed by atoms with van der Waals surface area (Å²) in [6.07, 6.45) is 0. The van der Waals surface area contributed by atoms with E-state index in [0.717, 1.165) is 5.56 Å². The fourth-order valence-electron chi connectivity index (χ4n) is 0.852. The molecule has 0 fully saturated rings. The first-order valence-electron chi connectivity index (χ1n) is 3.98. The minimum absolute atomic E-state index is 0.752. The molecule has 0 nitrogen and oxygen atoms in total. The molecular formula is C8H9Cl3Si. The van der Waals surface area contributed by atoms with Gasteiger partial charge in [0, 0.05) is 6.89 Å². The van der Waals surface area contributed by atoms with Gasteiger partial charge in [0.15, 0.2) is 0 Å². The lowest BCUT2D eigenvalue weighted by Crippen LogP contribution is -2.20. The van der Waals surface area contributed by atoms with E-state index in [1.165, 1.54) is 0 Å². The molecule has 0 bridgehead atoms. The summed E-state index contributed by atoms with van der Waals surface area (Å²) >= 11 is 17.5. The SMILES string of the molecule is [2H][C@](C)(c1ccccc1)[Si](Cl)(Cl)Cl. The van der Waals surface area contributed by atoms with Crippen LogP contribution in [0.1, 0.15) is 19.4 Å². The van der Waals surface area contributed by atoms with E-state index in [-0.39, 0.29) is 0 Å². The molecule has 1 aromatic rings. The third-order valence-corrected chi connectivity index (χ3v) is 5.32. The van der Waals surface area contributed by atoms with Gasteiger partial charge in [0.05, 0.1) is 0 Å². The van der Waals surface area contributed by atoms with Crippen LogP contribution in [0.5, 0.6) is 0 Å². The zero-order valence-corrected chi connectivity index (χ0v) is 9.79. The van der Waals surface area contributed by atoms with E-state index in [0.29, 0.717) is 0 Å². The van der Waals surface area contributed by atoms with E-state index in [1.54, 1.807) is 6.92 Å². The number of halogens is 3. The van der Waals surface area contributed by atoms with Crippen molar-refractivity contribution in [1.29, 1.82) is 0 Å². The average Bonchev–Trinajstić information content (AvgIpc) is 2.04. The van der Waals surface area contributed by atoms with Crippen LogP contribution in [-0.2, 0) is 0 Å². The second-order valence-corrected chi connectivity index (χ2v) is 11.1. The lowest BCUT2D eigenvalue weighted by molar-refractivity contribution is 1.07. The van der Waals surface area contributed by atoms with Gasteiger partial charge in [-0.05, 0) is 5.56 Å². The monoisotopic (exact) mass is 239 g/mol. The van der Waals surface area contributed by atoms with Crippen LogP contribution >= 0.6 is 33.2 Å². The molecule has 0 heterocycles. The van der Waals surface area contributed by atoms with Gasteiger partial charge in [-0.25, -0.2) is 0 Å². The van der Waals surface area contributed by atoms with Crippen LogP contribution in [0.2, 0.25) is 0 Å². The van der Waals surface area contributed by atoms with Gasteiger partial charge in [-0.15, -0.1) is 33.2 Å². The van der Waals surface area contributed by atoms with Crippen molar-refractivity contribution in [2.75, 3.05) is 0 Å². The van der Waals surface area contributed by atoms with Crippen molar-refractivity contribution in [3.63, 3.8) is 0 Å². The fourth-order valence-corrected chi connectivity index (χ4v) is 2.33. The van der Waals surface area contributed by atoms with Gasteiger partial charge >= 0.3 is 6.00 Å². The van der Waals surface area contributed by atoms with E-state index < -0.39 is 11.5 Å². The highest BCUT2D eigenvalue weighted by atomic mass is 35.8. The van der Waals surface area contributed by atoms with Crippen molar-refractivity contribution in [1.82, 2.24) is 0 Å². The number of hydrogen-bond acceptors (Lipinski definition) is 0. The molecular weight excluding hydrogens is 231 g/mol. The summed E-state index contributed by atoms with van der Waals surface area (Å²) in [5.41, 5.74) is -0.333. The molecule has 0 radical (unpaired) electrons. The molecule has 0 aliphatic rings. The summed E-state index contributed by atoms with van der Waals surface area (Å²) in [5, 5.41) is 0. The van der Waals surface area contributed by atoms with E-state index >= 15 is 0 Å². The minimum atomic E-state index is -3.04. The highest BCUT2D eigenvalue weighted by Gasteiger charge is 2.34. The van der Waals surface area contributed by atoms with Crippen molar-refractivity contribution in [3.8, 4) is 0 Å². The van der Waals surface area contributed by atoms with E-state index in [2.05, 4.69) is 0 Å². The van der Waals surface area contributed by atoms with Gasteiger partial charge in [0.2, 0.25) is 0 Å². The maximum Gasteiger partial charge on any atom is 0.348 e. The van der Waals surface area contributed by atoms with Gasteiger partial charge in [0.1, 0.15) is 0 Å². The Balaban J connectivity index is 3.08. The maximum atomic E-state index is 7.98. The van der Waals surface area contributed by atoms with Gasteiger partial charge < -0.3 is 0 Å². The lowest BCUT2D eigenvalue weighted by Gasteiger charge is -2.17. The van der Waals surface area contributed by atoms with Gasteiger partial charge in [-0.2, -0.15) is 0 Å². The number of rotatable bonds is 2. The first-order valence-corrected chi connectivity index (χ1v) is 8.51. The Hall–Kier alpha value is 0.307. The summed E-state index contributed by atoms with van der Waals surface area (Å²) < 4.78 is 7.98. The molecule has 12 heavy (non-hydrogen) atoms. The predicted octanol–water partition coefficient (Wildman–Crippen LogP) is 3.98. The molecule has 0 aliphatic carbocycles. The Kier molecular flexibility index (Phi) is 2.97. The Morgan fingerprint density at radius 3 is 2.17 bits per heavy atom. The molecule has 0 unspecified atom stereocenters. The zero-order chi connectivity index (χ0) is 10.1. The molecule has 0 saturated carbocycles. The molecule has 0 N–H and O–H groups in total. The first-order chi connectivity index (χ1) is 5.86. The topological polar surface area (TPSA) is 0 Å². The van der Waals surface area contributed by atoms with Crippen LogP contribution in [0.3, 0.4) is 0 Å². The van der Waals surface area contributed by atoms with Crippen LogP contribution in [-0.4, -0.2) is 6.00 Å². The highest BCUT2D eigenvalue weighted by molar-refractivity contribution is 7.65. The highest BCUT2D eigenvalue weighted by Crippen LogP contribution is 2.35. The molecule has 0 saturated heterocycles. The predicted molar refractivity (Wildman–Crippen MR) is 58.2 cm³/mol. The summed E-state index contributed by atoms with van der Waals surface area (Å²) in [6, 6.07) is 6.13. The van der Waals surface area contributed by atoms with E-state index in [9.17, 15) is 0 Å². The molecule has 0 spiro atoms. The Morgan fingerprint density at radius 1 is 1.25 bits per heavy atom. The molecule has 1 rings (SSSR count). The smallest absolute Gasteiger partial charge is 0.125 e. The molecule has 66 valence electrons. The van der Waals surface area contributed by atoms with Crippen molar-refractivity contribution in [3.05, 3.63) is 35.9 Å². The third kappa shape index (κ3) is 2.66. The molecule has 4 heteroatoms. The Bertz CT molecular complexity index is 281. The summed E-state index contributed by atoms with van der Waals surface area (Å²) in [4.78, 5) is 0. The van der Waals surface area contributed by atoms with Crippen LogP contribution in [0.25, 0.3) is 0 Å². The van der Waals surface area contributed by atoms with Crippen LogP contribution in [0.4, 0.5) is 0 Å². The second kappa shape index (κ2) is 4.01. The minimum Gasteiger partial charge on any atom is -0.125 e. The molecule has 0 aromatic heterocycles. The summed E-state index contributed by atoms with van der Waals surface area (Å²) in [7, 11) is 0. The molecule has 0 aliphatic heterocycles. The molecule has 0 amide bonds. The van der Waals surface area contributed by atoms with Gasteiger partial charge in [0.25, 0.3) is 0 Å². The van der Waals surface area contributed by atoms with Crippen LogP contribution < -0.4 is 0 Å². The lowest BCUT2D eigenvalue weighted by atomic mass is 10.2. The third-order valence-electron chi connectivity index (χ3n) is 1.63. The Morgan fingerprint density at radius 2 is 1.75 bits per heavy atom. The summed E-state index contributed by atoms with van der Waals surface area (Å²) in [5.74, 6) is 0. The van der Waals surface area contributed by atoms with Crippen LogP contribution in [0.15, 0.2) is 30.3 Å². The van der Waals surface area contributed by atoms with Crippen molar-refractivity contribution in [2.24, 2.45) is 0 Å². The quantitative estimate of drug-likeness (QED) is 0.542. The zero-order valence-electron chi connectivity index (χ0n) is 7.52. The largest absolute Gasteiger partial charge is 0.348 e. The van der Waals surface area contributed by atoms with E-state index in [4.69, 9.17) is 34.6 Å². The molecule has 1 aromatic carbocycles. The fraction of sp³-hybridized carbons (Fsp3) is 0.250. The van der Waals surface area contributed by atoms with Crippen molar-refractivity contribution >= 4 is 39.2 Å². The summed E-state index contributed by atoms with van der Waals surface area (Å²) in [6.45, 7) is 1.64. The van der Waals surface area contributed by atoms with Crippen molar-refractivity contribution in [2.45, 2.75) is 12.4 Å². The number of benzene rings is 1. The van der Waals surface area contributed by atoms with E-state index in [1.807, 2.05) is 30.3 Å². The average molecular weight is 241 g/mol. The second-order valence-electron chi connectivity index (χ2n) is 2.49. The van der Waals surface area contributed by atoms with Crippen molar-refractivity contribution < 1.29 is 1.37 Å². The maximum absolute atomic E-state index is 7.98.